The number of aromatic nitrogens is 2. The second-order valence-electron chi connectivity index (χ2n) is 7.44. The van der Waals surface area contributed by atoms with Crippen LogP contribution in [0.25, 0.3) is 16.9 Å². The maximum atomic E-state index is 15.2. The van der Waals surface area contributed by atoms with E-state index in [-0.39, 0.29) is 29.7 Å². The number of hydrogen-bond donors (Lipinski definition) is 1. The number of imidazole rings is 1. The number of carbonyl (C=O) groups excluding carboxylic acids is 2. The van der Waals surface area contributed by atoms with Crippen LogP contribution in [0.2, 0.25) is 0 Å². The van der Waals surface area contributed by atoms with E-state index in [9.17, 15) is 9.59 Å². The van der Waals surface area contributed by atoms with Crippen LogP contribution in [0.5, 0.6) is 0 Å². The molecule has 0 spiro atoms. The molecule has 8 nitrogen and oxygen atoms in total. The van der Waals surface area contributed by atoms with E-state index < -0.39 is 30.8 Å². The second kappa shape index (κ2) is 8.96. The summed E-state index contributed by atoms with van der Waals surface area (Å²) in [7, 11) is 2.77. The van der Waals surface area contributed by atoms with Crippen LogP contribution in [0.4, 0.5) is 9.18 Å². The third-order valence-electron chi connectivity index (χ3n) is 5.43. The molecule has 0 bridgehead atoms. The van der Waals surface area contributed by atoms with Crippen LogP contribution in [0.3, 0.4) is 0 Å². The molecule has 2 amide bonds. The van der Waals surface area contributed by atoms with Gasteiger partial charge in [0.25, 0.3) is 5.91 Å². The van der Waals surface area contributed by atoms with E-state index in [0.717, 1.165) is 6.07 Å². The fourth-order valence-electron chi connectivity index (χ4n) is 3.85. The van der Waals surface area contributed by atoms with Crippen molar-refractivity contribution in [2.45, 2.75) is 19.4 Å². The molecular formula is C23H25FN4O4. The Labute approximate surface area is 189 Å². The molecule has 1 aromatic carbocycles. The largest absolute Gasteiger partial charge is 0.453 e. The number of pyridine rings is 1. The van der Waals surface area contributed by atoms with Crippen molar-refractivity contribution in [2.24, 2.45) is 0 Å². The van der Waals surface area contributed by atoms with Gasteiger partial charge >= 0.3 is 6.09 Å². The van der Waals surface area contributed by atoms with Gasteiger partial charge in [-0.3, -0.25) is 4.79 Å². The standard InChI is InChI=1S/C23H25FN4O4/c1-14-6-7-28-19(12-16-13-27(8-9-32-16)23(30)31-3)21(26-20(28)10-14)17-5-4-15(11-18(17)24)22(29)25-2/h4-7,10-11,16H,8-9,12-13H2,1-3H3,(H,25,29)/t16-/m0/s1/i1D3. The van der Waals surface area contributed by atoms with Crippen molar-refractivity contribution in [1.29, 1.82) is 0 Å². The Hall–Kier alpha value is -3.46. The number of benzene rings is 1. The number of carbonyl (C=O) groups is 2. The number of methoxy groups -OCH3 is 1. The normalized spacial score (nSPS) is 18.0. The van der Waals surface area contributed by atoms with Crippen molar-refractivity contribution in [3.8, 4) is 11.3 Å². The molecule has 1 aliphatic rings. The number of halogens is 1. The molecule has 1 N–H and O–H groups in total. The Morgan fingerprint density at radius 1 is 1.38 bits per heavy atom. The molecule has 1 aliphatic heterocycles. The highest BCUT2D eigenvalue weighted by molar-refractivity contribution is 5.94. The summed E-state index contributed by atoms with van der Waals surface area (Å²) in [5.41, 5.74) is 1.64. The van der Waals surface area contributed by atoms with Gasteiger partial charge in [-0.25, -0.2) is 14.2 Å². The van der Waals surface area contributed by atoms with Gasteiger partial charge in [-0.1, -0.05) is 0 Å². The predicted molar refractivity (Wildman–Crippen MR) is 116 cm³/mol. The molecule has 0 unspecified atom stereocenters. The Morgan fingerprint density at radius 2 is 2.22 bits per heavy atom. The van der Waals surface area contributed by atoms with E-state index in [1.54, 1.807) is 10.6 Å². The van der Waals surface area contributed by atoms with Crippen molar-refractivity contribution < 1.29 is 27.6 Å². The highest BCUT2D eigenvalue weighted by atomic mass is 19.1. The molecule has 2 aromatic heterocycles. The molecule has 9 heteroatoms. The quantitative estimate of drug-likeness (QED) is 0.670. The lowest BCUT2D eigenvalue weighted by molar-refractivity contribution is -0.0241. The number of hydrogen-bond acceptors (Lipinski definition) is 5. The van der Waals surface area contributed by atoms with Crippen LogP contribution in [-0.2, 0) is 15.9 Å². The third-order valence-corrected chi connectivity index (χ3v) is 5.43. The second-order valence-corrected chi connectivity index (χ2v) is 7.44. The van der Waals surface area contributed by atoms with E-state index in [1.165, 1.54) is 43.3 Å². The van der Waals surface area contributed by atoms with Gasteiger partial charge in [0.05, 0.1) is 37.8 Å². The van der Waals surface area contributed by atoms with Gasteiger partial charge in [0.2, 0.25) is 0 Å². The molecule has 1 atom stereocenters. The molecule has 168 valence electrons. The summed E-state index contributed by atoms with van der Waals surface area (Å²) in [6.45, 7) is -1.36. The molecule has 1 fully saturated rings. The number of fused-ring (bicyclic) bond motifs is 1. The lowest BCUT2D eigenvalue weighted by atomic mass is 10.0. The van der Waals surface area contributed by atoms with Gasteiger partial charge in [0, 0.05) is 41.4 Å². The number of nitrogens with one attached hydrogen (secondary N) is 1. The number of amides is 2. The summed E-state index contributed by atoms with van der Waals surface area (Å²) in [4.78, 5) is 30.0. The molecule has 1 saturated heterocycles. The minimum atomic E-state index is -2.33. The van der Waals surface area contributed by atoms with Gasteiger partial charge in [0.1, 0.15) is 11.5 Å². The molecule has 0 aliphatic carbocycles. The topological polar surface area (TPSA) is 85.2 Å². The summed E-state index contributed by atoms with van der Waals surface area (Å²) in [5, 5.41) is 2.46. The lowest BCUT2D eigenvalue weighted by Gasteiger charge is -2.32. The average Bonchev–Trinajstić information content (AvgIpc) is 3.19. The van der Waals surface area contributed by atoms with Crippen LogP contribution >= 0.6 is 0 Å². The number of rotatable bonds is 4. The minimum absolute atomic E-state index is 0.106. The van der Waals surface area contributed by atoms with Gasteiger partial charge < -0.3 is 24.1 Å². The predicted octanol–water partition coefficient (Wildman–Crippen LogP) is 2.82. The first kappa shape index (κ1) is 18.1. The minimum Gasteiger partial charge on any atom is -0.453 e. The number of ether oxygens (including phenoxy) is 2. The zero-order valence-corrected chi connectivity index (χ0v) is 17.7. The van der Waals surface area contributed by atoms with Crippen molar-refractivity contribution in [1.82, 2.24) is 19.6 Å². The molecule has 32 heavy (non-hydrogen) atoms. The Kier molecular flexibility index (Phi) is 5.08. The van der Waals surface area contributed by atoms with Crippen LogP contribution in [0, 0.1) is 12.7 Å². The average molecular weight is 443 g/mol. The summed E-state index contributed by atoms with van der Waals surface area (Å²) < 4.78 is 50.7. The van der Waals surface area contributed by atoms with E-state index in [4.69, 9.17) is 13.6 Å². The maximum absolute atomic E-state index is 15.2. The number of morpholine rings is 1. The molecule has 3 heterocycles. The zero-order chi connectivity index (χ0) is 25.3. The van der Waals surface area contributed by atoms with Crippen LogP contribution in [0.15, 0.2) is 36.5 Å². The van der Waals surface area contributed by atoms with Gasteiger partial charge in [-0.05, 0) is 42.7 Å². The van der Waals surface area contributed by atoms with Crippen LogP contribution < -0.4 is 5.32 Å². The first-order chi connectivity index (χ1) is 16.6. The monoisotopic (exact) mass is 443 g/mol. The lowest BCUT2D eigenvalue weighted by Crippen LogP contribution is -2.46. The summed E-state index contributed by atoms with van der Waals surface area (Å²) >= 11 is 0. The molecule has 4 rings (SSSR count). The summed E-state index contributed by atoms with van der Waals surface area (Å²) in [6.07, 6.45) is 0.973. The third kappa shape index (κ3) is 4.16. The van der Waals surface area contributed by atoms with Crippen molar-refractivity contribution >= 4 is 17.6 Å². The highest BCUT2D eigenvalue weighted by Gasteiger charge is 2.28. The van der Waals surface area contributed by atoms with Gasteiger partial charge in [0.15, 0.2) is 0 Å². The fraction of sp³-hybridized carbons (Fsp3) is 0.348. The molecule has 0 radical (unpaired) electrons. The Morgan fingerprint density at radius 3 is 2.94 bits per heavy atom. The molecule has 0 saturated carbocycles. The van der Waals surface area contributed by atoms with Gasteiger partial charge in [-0.15, -0.1) is 0 Å². The van der Waals surface area contributed by atoms with E-state index in [0.29, 0.717) is 30.2 Å². The van der Waals surface area contributed by atoms with Crippen molar-refractivity contribution in [3.63, 3.8) is 0 Å². The first-order valence-electron chi connectivity index (χ1n) is 11.6. The first-order valence-corrected chi connectivity index (χ1v) is 10.1. The van der Waals surface area contributed by atoms with E-state index in [2.05, 4.69) is 10.3 Å². The van der Waals surface area contributed by atoms with Gasteiger partial charge in [-0.2, -0.15) is 0 Å². The molecule has 3 aromatic rings. The number of aryl methyl sites for hydroxylation is 1. The summed E-state index contributed by atoms with van der Waals surface area (Å²) in [6, 6.07) is 7.01. The van der Waals surface area contributed by atoms with E-state index >= 15 is 4.39 Å². The fourth-order valence-corrected chi connectivity index (χ4v) is 3.85. The number of nitrogens with zero attached hydrogens (tertiary/aromatic N) is 3. The van der Waals surface area contributed by atoms with Crippen molar-refractivity contribution in [3.05, 3.63) is 59.2 Å². The SMILES string of the molecule is [2H]C([2H])([2H])c1ccn2c(C[C@H]3CN(C(=O)OC)CCO3)c(-c3ccc(C(=O)NC)cc3F)nc2c1. The van der Waals surface area contributed by atoms with Crippen LogP contribution in [0.1, 0.15) is 25.7 Å². The van der Waals surface area contributed by atoms with Crippen LogP contribution in [-0.4, -0.2) is 66.2 Å². The van der Waals surface area contributed by atoms with Crippen molar-refractivity contribution in [2.75, 3.05) is 33.9 Å². The maximum Gasteiger partial charge on any atom is 0.409 e. The Bertz CT molecular complexity index is 1280. The highest BCUT2D eigenvalue weighted by Crippen LogP contribution is 2.30. The Balaban J connectivity index is 1.79. The van der Waals surface area contributed by atoms with E-state index in [1.807, 2.05) is 0 Å². The molecular weight excluding hydrogens is 415 g/mol. The summed E-state index contributed by atoms with van der Waals surface area (Å²) in [5.74, 6) is -1.07. The smallest absolute Gasteiger partial charge is 0.409 e. The zero-order valence-electron chi connectivity index (χ0n) is 20.7.